The molecule has 0 amide bonds. The van der Waals surface area contributed by atoms with Crippen molar-refractivity contribution in [1.29, 1.82) is 0 Å². The van der Waals surface area contributed by atoms with Crippen LogP contribution in [0.5, 0.6) is 0 Å². The molecule has 1 aromatic rings. The lowest BCUT2D eigenvalue weighted by molar-refractivity contribution is 0.101. The molecule has 70 valence electrons. The fourth-order valence-electron chi connectivity index (χ4n) is 1.11. The lowest BCUT2D eigenvalue weighted by Gasteiger charge is -2.17. The molecule has 2 heteroatoms. The molecule has 1 nitrogen and oxygen atoms in total. The molecular formula is C11H14OS. The molecular weight excluding hydrogens is 180 g/mol. The van der Waals surface area contributed by atoms with Crippen LogP contribution in [0.4, 0.5) is 0 Å². The summed E-state index contributed by atoms with van der Waals surface area (Å²) in [6, 6.07) is 7.58. The standard InChI is InChI=1S/C11H14OS/c1-8(12)9-4-6-10(7-5-9)11(2,3)13/h4-7,13H,1-3H3. The van der Waals surface area contributed by atoms with Crippen molar-refractivity contribution in [2.24, 2.45) is 0 Å². The molecule has 0 aliphatic heterocycles. The quantitative estimate of drug-likeness (QED) is 0.565. The molecule has 0 unspecified atom stereocenters. The Morgan fingerprint density at radius 3 is 2.00 bits per heavy atom. The smallest absolute Gasteiger partial charge is 0.159 e. The molecule has 0 atom stereocenters. The highest BCUT2D eigenvalue weighted by atomic mass is 32.1. The van der Waals surface area contributed by atoms with Crippen molar-refractivity contribution in [3.8, 4) is 0 Å². The molecule has 0 aliphatic carbocycles. The third-order valence-electron chi connectivity index (χ3n) is 2.00. The normalized spacial score (nSPS) is 11.4. The summed E-state index contributed by atoms with van der Waals surface area (Å²) in [4.78, 5) is 11.0. The predicted octanol–water partition coefficient (Wildman–Crippen LogP) is 3.05. The number of ketones is 1. The lowest BCUT2D eigenvalue weighted by atomic mass is 10.00. The molecule has 13 heavy (non-hydrogen) atoms. The Morgan fingerprint density at radius 1 is 1.23 bits per heavy atom. The predicted molar refractivity (Wildman–Crippen MR) is 58.5 cm³/mol. The summed E-state index contributed by atoms with van der Waals surface area (Å²) in [6.45, 7) is 5.62. The van der Waals surface area contributed by atoms with Gasteiger partial charge in [-0.05, 0) is 26.3 Å². The van der Waals surface area contributed by atoms with E-state index >= 15 is 0 Å². The Labute approximate surface area is 84.6 Å². The maximum absolute atomic E-state index is 11.0. The first-order valence-electron chi connectivity index (χ1n) is 4.25. The summed E-state index contributed by atoms with van der Waals surface area (Å²) >= 11 is 4.45. The van der Waals surface area contributed by atoms with E-state index < -0.39 is 0 Å². The first-order valence-corrected chi connectivity index (χ1v) is 4.70. The van der Waals surface area contributed by atoms with Crippen molar-refractivity contribution in [3.63, 3.8) is 0 Å². The highest BCUT2D eigenvalue weighted by molar-refractivity contribution is 7.81. The molecule has 0 aliphatic rings. The fourth-order valence-corrected chi connectivity index (χ4v) is 1.26. The zero-order valence-electron chi connectivity index (χ0n) is 8.16. The van der Waals surface area contributed by atoms with Crippen LogP contribution in [0.2, 0.25) is 0 Å². The van der Waals surface area contributed by atoms with Crippen LogP contribution in [0.15, 0.2) is 24.3 Å². The van der Waals surface area contributed by atoms with Crippen LogP contribution in [0.25, 0.3) is 0 Å². The van der Waals surface area contributed by atoms with Gasteiger partial charge < -0.3 is 0 Å². The zero-order chi connectivity index (χ0) is 10.1. The van der Waals surface area contributed by atoms with Crippen LogP contribution in [0.1, 0.15) is 36.7 Å². The van der Waals surface area contributed by atoms with Crippen LogP contribution in [-0.4, -0.2) is 5.78 Å². The maximum atomic E-state index is 11.0. The van der Waals surface area contributed by atoms with E-state index in [2.05, 4.69) is 12.6 Å². The zero-order valence-corrected chi connectivity index (χ0v) is 9.06. The van der Waals surface area contributed by atoms with Gasteiger partial charge in [0.15, 0.2) is 5.78 Å². The van der Waals surface area contributed by atoms with E-state index in [1.807, 2.05) is 38.1 Å². The molecule has 1 rings (SSSR count). The highest BCUT2D eigenvalue weighted by Gasteiger charge is 2.14. The second-order valence-corrected chi connectivity index (χ2v) is 4.81. The largest absolute Gasteiger partial charge is 0.295 e. The molecule has 0 saturated heterocycles. The maximum Gasteiger partial charge on any atom is 0.159 e. The topological polar surface area (TPSA) is 17.1 Å². The number of carbonyl (C=O) groups is 1. The molecule has 0 heterocycles. The third kappa shape index (κ3) is 2.59. The van der Waals surface area contributed by atoms with Gasteiger partial charge in [-0.25, -0.2) is 0 Å². The molecule has 0 N–H and O–H groups in total. The van der Waals surface area contributed by atoms with E-state index in [1.54, 1.807) is 6.92 Å². The average molecular weight is 194 g/mol. The molecule has 0 saturated carbocycles. The Morgan fingerprint density at radius 2 is 1.69 bits per heavy atom. The van der Waals surface area contributed by atoms with Gasteiger partial charge in [0.2, 0.25) is 0 Å². The minimum absolute atomic E-state index is 0.100. The number of Topliss-reactive ketones (excluding diaryl/α,β-unsaturated/α-hetero) is 1. The van der Waals surface area contributed by atoms with Gasteiger partial charge in [-0.15, -0.1) is 0 Å². The van der Waals surface area contributed by atoms with E-state index in [4.69, 9.17) is 0 Å². The van der Waals surface area contributed by atoms with Gasteiger partial charge in [0.05, 0.1) is 0 Å². The van der Waals surface area contributed by atoms with Crippen molar-refractivity contribution in [2.45, 2.75) is 25.5 Å². The fraction of sp³-hybridized carbons (Fsp3) is 0.364. The Balaban J connectivity index is 3.01. The summed E-state index contributed by atoms with van der Waals surface area (Å²) in [5.41, 5.74) is 1.88. The van der Waals surface area contributed by atoms with Crippen LogP contribution >= 0.6 is 12.6 Å². The average Bonchev–Trinajstić information content (AvgIpc) is 2.03. The Bertz CT molecular complexity index is 306. The van der Waals surface area contributed by atoms with E-state index in [9.17, 15) is 4.79 Å². The summed E-state index contributed by atoms with van der Waals surface area (Å²) in [5.74, 6) is 0.100. The molecule has 1 aromatic carbocycles. The number of rotatable bonds is 2. The van der Waals surface area contributed by atoms with Crippen molar-refractivity contribution in [3.05, 3.63) is 35.4 Å². The van der Waals surface area contributed by atoms with E-state index in [-0.39, 0.29) is 10.5 Å². The van der Waals surface area contributed by atoms with E-state index in [0.717, 1.165) is 11.1 Å². The second-order valence-electron chi connectivity index (χ2n) is 3.69. The second kappa shape index (κ2) is 3.54. The van der Waals surface area contributed by atoms with Gasteiger partial charge in [0.25, 0.3) is 0 Å². The summed E-state index contributed by atoms with van der Waals surface area (Å²) in [5, 5.41) is 0. The lowest BCUT2D eigenvalue weighted by Crippen LogP contribution is -2.07. The number of benzene rings is 1. The highest BCUT2D eigenvalue weighted by Crippen LogP contribution is 2.26. The van der Waals surface area contributed by atoms with Crippen LogP contribution < -0.4 is 0 Å². The number of thiol groups is 1. The minimum Gasteiger partial charge on any atom is -0.295 e. The minimum atomic E-state index is -0.144. The van der Waals surface area contributed by atoms with Crippen LogP contribution in [-0.2, 0) is 4.75 Å². The molecule has 0 bridgehead atoms. The van der Waals surface area contributed by atoms with Crippen molar-refractivity contribution in [1.82, 2.24) is 0 Å². The van der Waals surface area contributed by atoms with Crippen LogP contribution in [0, 0.1) is 0 Å². The number of hydrogen-bond acceptors (Lipinski definition) is 2. The van der Waals surface area contributed by atoms with Gasteiger partial charge >= 0.3 is 0 Å². The summed E-state index contributed by atoms with van der Waals surface area (Å²) < 4.78 is -0.144. The van der Waals surface area contributed by atoms with Crippen LogP contribution in [0.3, 0.4) is 0 Å². The Kier molecular flexibility index (Phi) is 2.81. The van der Waals surface area contributed by atoms with E-state index in [0.29, 0.717) is 0 Å². The van der Waals surface area contributed by atoms with Gasteiger partial charge in [-0.3, -0.25) is 4.79 Å². The molecule has 0 spiro atoms. The molecule has 0 fully saturated rings. The van der Waals surface area contributed by atoms with Crippen molar-refractivity contribution >= 4 is 18.4 Å². The SMILES string of the molecule is CC(=O)c1ccc(C(C)(C)S)cc1. The van der Waals surface area contributed by atoms with Crippen molar-refractivity contribution in [2.75, 3.05) is 0 Å². The van der Waals surface area contributed by atoms with Gasteiger partial charge in [0, 0.05) is 10.3 Å². The monoisotopic (exact) mass is 194 g/mol. The molecule has 0 radical (unpaired) electrons. The third-order valence-corrected chi connectivity index (χ3v) is 2.26. The number of carbonyl (C=O) groups excluding carboxylic acids is 1. The van der Waals surface area contributed by atoms with Crippen molar-refractivity contribution < 1.29 is 4.79 Å². The molecule has 0 aromatic heterocycles. The van der Waals surface area contributed by atoms with Gasteiger partial charge in [0.1, 0.15) is 0 Å². The van der Waals surface area contributed by atoms with Gasteiger partial charge in [-0.2, -0.15) is 12.6 Å². The first-order chi connectivity index (χ1) is 5.91. The van der Waals surface area contributed by atoms with E-state index in [1.165, 1.54) is 0 Å². The summed E-state index contributed by atoms with van der Waals surface area (Å²) in [6.07, 6.45) is 0. The Hall–Kier alpha value is -0.760. The number of hydrogen-bond donors (Lipinski definition) is 1. The first kappa shape index (κ1) is 10.3. The van der Waals surface area contributed by atoms with Gasteiger partial charge in [-0.1, -0.05) is 24.3 Å². The summed E-state index contributed by atoms with van der Waals surface area (Å²) in [7, 11) is 0.